The molecule has 4 nitrogen and oxygen atoms in total. The number of benzene rings is 1. The summed E-state index contributed by atoms with van der Waals surface area (Å²) in [5, 5.41) is 11.4. The van der Waals surface area contributed by atoms with Crippen LogP contribution in [0.2, 0.25) is 0 Å². The van der Waals surface area contributed by atoms with Gasteiger partial charge in [0, 0.05) is 11.1 Å². The molecule has 0 unspecified atom stereocenters. The molecule has 102 valence electrons. The van der Waals surface area contributed by atoms with Gasteiger partial charge in [0.1, 0.15) is 10.8 Å². The van der Waals surface area contributed by atoms with Crippen molar-refractivity contribution >= 4 is 21.2 Å². The monoisotopic (exact) mass is 297 g/mol. The Morgan fingerprint density at radius 2 is 1.79 bits per heavy atom. The molecule has 0 aliphatic heterocycles. The molecule has 0 aliphatic carbocycles. The fourth-order valence-electron chi connectivity index (χ4n) is 1.70. The van der Waals surface area contributed by atoms with E-state index < -0.39 is 9.84 Å². The highest BCUT2D eigenvalue weighted by Crippen LogP contribution is 2.16. The minimum absolute atomic E-state index is 0.00264. The van der Waals surface area contributed by atoms with Gasteiger partial charge in [0.25, 0.3) is 0 Å². The topological polar surface area (TPSA) is 67.3 Å². The maximum atomic E-state index is 12.1. The van der Waals surface area contributed by atoms with Gasteiger partial charge in [0.05, 0.1) is 12.4 Å². The predicted octanol–water partition coefficient (Wildman–Crippen LogP) is 2.06. The van der Waals surface area contributed by atoms with Gasteiger partial charge in [-0.15, -0.1) is 11.3 Å². The maximum Gasteiger partial charge on any atom is 0.160 e. The largest absolute Gasteiger partial charge is 0.392 e. The molecule has 1 heterocycles. The zero-order chi connectivity index (χ0) is 13.9. The molecule has 0 saturated heterocycles. The average Bonchev–Trinajstić information content (AvgIpc) is 2.74. The number of thiazole rings is 1. The van der Waals surface area contributed by atoms with E-state index in [-0.39, 0.29) is 18.1 Å². The first-order valence-electron chi connectivity index (χ1n) is 5.78. The molecule has 0 aliphatic rings. The second kappa shape index (κ2) is 5.81. The molecular weight excluding hydrogens is 282 g/mol. The average molecular weight is 297 g/mol. The zero-order valence-electron chi connectivity index (χ0n) is 10.5. The fourth-order valence-corrected chi connectivity index (χ4v) is 4.31. The Morgan fingerprint density at radius 1 is 1.16 bits per heavy atom. The molecule has 1 N–H and O–H groups in total. The van der Waals surface area contributed by atoms with Crippen LogP contribution in [0.25, 0.3) is 0 Å². The number of sulfone groups is 1. The highest BCUT2D eigenvalue weighted by molar-refractivity contribution is 7.89. The smallest absolute Gasteiger partial charge is 0.160 e. The highest BCUT2D eigenvalue weighted by Gasteiger charge is 2.15. The van der Waals surface area contributed by atoms with Crippen LogP contribution in [0.15, 0.2) is 29.6 Å². The lowest BCUT2D eigenvalue weighted by atomic mass is 10.2. The quantitative estimate of drug-likeness (QED) is 0.917. The van der Waals surface area contributed by atoms with E-state index in [1.54, 1.807) is 24.3 Å². The van der Waals surface area contributed by atoms with Crippen LogP contribution in [0.5, 0.6) is 0 Å². The summed E-state index contributed by atoms with van der Waals surface area (Å²) in [6.07, 6.45) is 0. The molecule has 1 aromatic carbocycles. The van der Waals surface area contributed by atoms with Gasteiger partial charge in [-0.25, -0.2) is 13.4 Å². The molecule has 2 aromatic rings. The third-order valence-electron chi connectivity index (χ3n) is 2.60. The van der Waals surface area contributed by atoms with Crippen LogP contribution in [-0.2, 0) is 27.9 Å². The van der Waals surface area contributed by atoms with Gasteiger partial charge < -0.3 is 5.11 Å². The summed E-state index contributed by atoms with van der Waals surface area (Å²) in [6.45, 7) is 1.81. The van der Waals surface area contributed by atoms with E-state index in [4.69, 9.17) is 5.11 Å². The molecule has 0 fully saturated rings. The maximum absolute atomic E-state index is 12.1. The lowest BCUT2D eigenvalue weighted by Gasteiger charge is -2.04. The Labute approximate surface area is 116 Å². The van der Waals surface area contributed by atoms with E-state index in [9.17, 15) is 8.42 Å². The van der Waals surface area contributed by atoms with E-state index in [1.807, 2.05) is 12.3 Å². The van der Waals surface area contributed by atoms with Crippen molar-refractivity contribution < 1.29 is 13.5 Å². The van der Waals surface area contributed by atoms with Crippen LogP contribution < -0.4 is 0 Å². The van der Waals surface area contributed by atoms with Gasteiger partial charge in [-0.05, 0) is 18.1 Å². The van der Waals surface area contributed by atoms with Crippen LogP contribution in [-0.4, -0.2) is 18.5 Å². The number of nitrogens with zero attached hydrogens (tertiary/aromatic N) is 1. The minimum atomic E-state index is -3.21. The standard InChI is InChI=1S/C13H15NO3S2/c1-10-7-18-13(14-10)9-19(16,17)8-12-4-2-11(6-15)3-5-12/h2-5,7,15H,6,8-9H2,1H3. The van der Waals surface area contributed by atoms with Crippen molar-refractivity contribution in [3.05, 3.63) is 51.5 Å². The van der Waals surface area contributed by atoms with Crippen LogP contribution in [0.4, 0.5) is 0 Å². The Hall–Kier alpha value is -1.24. The molecule has 0 radical (unpaired) electrons. The van der Waals surface area contributed by atoms with Gasteiger partial charge >= 0.3 is 0 Å². The molecule has 0 amide bonds. The lowest BCUT2D eigenvalue weighted by molar-refractivity contribution is 0.282. The molecule has 0 atom stereocenters. The Balaban J connectivity index is 2.07. The van der Waals surface area contributed by atoms with E-state index in [0.29, 0.717) is 5.01 Å². The van der Waals surface area contributed by atoms with E-state index in [2.05, 4.69) is 4.98 Å². The van der Waals surface area contributed by atoms with Crippen molar-refractivity contribution in [3.8, 4) is 0 Å². The second-order valence-corrected chi connectivity index (χ2v) is 7.40. The minimum Gasteiger partial charge on any atom is -0.392 e. The van der Waals surface area contributed by atoms with Crippen molar-refractivity contribution in [1.82, 2.24) is 4.98 Å². The molecule has 0 saturated carbocycles. The van der Waals surface area contributed by atoms with Crippen molar-refractivity contribution in [2.45, 2.75) is 25.0 Å². The van der Waals surface area contributed by atoms with Gasteiger partial charge in [-0.3, -0.25) is 0 Å². The Kier molecular flexibility index (Phi) is 4.34. The van der Waals surface area contributed by atoms with Gasteiger partial charge in [0.15, 0.2) is 9.84 Å². The first-order chi connectivity index (χ1) is 8.98. The normalized spacial score (nSPS) is 11.7. The van der Waals surface area contributed by atoms with E-state index in [1.165, 1.54) is 11.3 Å². The van der Waals surface area contributed by atoms with Crippen molar-refractivity contribution in [3.63, 3.8) is 0 Å². The van der Waals surface area contributed by atoms with Crippen LogP contribution in [0.1, 0.15) is 21.8 Å². The summed E-state index contributed by atoms with van der Waals surface area (Å²) in [5.41, 5.74) is 2.35. The van der Waals surface area contributed by atoms with E-state index >= 15 is 0 Å². The van der Waals surface area contributed by atoms with Crippen molar-refractivity contribution in [2.24, 2.45) is 0 Å². The van der Waals surface area contributed by atoms with Crippen LogP contribution in [0.3, 0.4) is 0 Å². The molecule has 0 bridgehead atoms. The molecule has 19 heavy (non-hydrogen) atoms. The predicted molar refractivity (Wildman–Crippen MR) is 75.5 cm³/mol. The summed E-state index contributed by atoms with van der Waals surface area (Å²) in [5.74, 6) is -0.0232. The number of aliphatic hydroxyl groups is 1. The van der Waals surface area contributed by atoms with Crippen molar-refractivity contribution in [2.75, 3.05) is 0 Å². The molecule has 6 heteroatoms. The first-order valence-corrected chi connectivity index (χ1v) is 8.49. The van der Waals surface area contributed by atoms with Crippen LogP contribution in [0, 0.1) is 6.92 Å². The van der Waals surface area contributed by atoms with Crippen molar-refractivity contribution in [1.29, 1.82) is 0 Å². The highest BCUT2D eigenvalue weighted by atomic mass is 32.2. The van der Waals surface area contributed by atoms with Gasteiger partial charge in [-0.1, -0.05) is 24.3 Å². The van der Waals surface area contributed by atoms with Gasteiger partial charge in [0.2, 0.25) is 0 Å². The zero-order valence-corrected chi connectivity index (χ0v) is 12.2. The summed E-state index contributed by atoms with van der Waals surface area (Å²) in [7, 11) is -3.21. The molecular formula is C13H15NO3S2. The molecule has 2 rings (SSSR count). The number of hydrogen-bond donors (Lipinski definition) is 1. The number of hydrogen-bond acceptors (Lipinski definition) is 5. The number of aromatic nitrogens is 1. The Bertz CT molecular complexity index is 645. The summed E-state index contributed by atoms with van der Waals surface area (Å²) in [6, 6.07) is 6.93. The molecule has 1 aromatic heterocycles. The van der Waals surface area contributed by atoms with Crippen LogP contribution >= 0.6 is 11.3 Å². The van der Waals surface area contributed by atoms with Gasteiger partial charge in [-0.2, -0.15) is 0 Å². The Morgan fingerprint density at radius 3 is 2.32 bits per heavy atom. The third kappa shape index (κ3) is 4.12. The fraction of sp³-hybridized carbons (Fsp3) is 0.308. The third-order valence-corrected chi connectivity index (χ3v) is 5.24. The second-order valence-electron chi connectivity index (χ2n) is 4.39. The molecule has 0 spiro atoms. The van der Waals surface area contributed by atoms with E-state index in [0.717, 1.165) is 16.8 Å². The number of rotatable bonds is 5. The number of aryl methyl sites for hydroxylation is 1. The summed E-state index contributed by atoms with van der Waals surface area (Å²) < 4.78 is 24.1. The summed E-state index contributed by atoms with van der Waals surface area (Å²) >= 11 is 1.37. The lowest BCUT2D eigenvalue weighted by Crippen LogP contribution is -2.07. The first kappa shape index (κ1) is 14.2. The summed E-state index contributed by atoms with van der Waals surface area (Å²) in [4.78, 5) is 4.17. The SMILES string of the molecule is Cc1csc(CS(=O)(=O)Cc2ccc(CO)cc2)n1. The number of aliphatic hydroxyl groups excluding tert-OH is 1.